The van der Waals surface area contributed by atoms with E-state index in [4.69, 9.17) is 4.98 Å². The molecule has 168 valence electrons. The van der Waals surface area contributed by atoms with Crippen LogP contribution in [-0.2, 0) is 24.1 Å². The van der Waals surface area contributed by atoms with E-state index in [0.29, 0.717) is 30.3 Å². The second-order valence-electron chi connectivity index (χ2n) is 8.06. The number of carbonyl (C=O) groups excluding carboxylic acids is 1. The van der Waals surface area contributed by atoms with Crippen molar-refractivity contribution in [3.05, 3.63) is 87.8 Å². The molecule has 5 rings (SSSR count). The minimum absolute atomic E-state index is 0.0125. The van der Waals surface area contributed by atoms with E-state index in [2.05, 4.69) is 4.98 Å². The first-order valence-electron chi connectivity index (χ1n) is 10.8. The first-order chi connectivity index (χ1) is 16.0. The van der Waals surface area contributed by atoms with E-state index in [-0.39, 0.29) is 24.0 Å². The lowest BCUT2D eigenvalue weighted by Gasteiger charge is -2.20. The van der Waals surface area contributed by atoms with Crippen molar-refractivity contribution in [2.45, 2.75) is 26.2 Å². The van der Waals surface area contributed by atoms with Gasteiger partial charge in [-0.05, 0) is 55.5 Å². The largest absolute Gasteiger partial charge is 0.342 e. The number of aryl methyl sites for hydroxylation is 1. The third kappa shape index (κ3) is 4.57. The Balaban J connectivity index is 1.42. The van der Waals surface area contributed by atoms with Gasteiger partial charge in [-0.25, -0.2) is 18.7 Å². The van der Waals surface area contributed by atoms with Crippen molar-refractivity contribution >= 4 is 17.2 Å². The van der Waals surface area contributed by atoms with E-state index in [9.17, 15) is 13.6 Å². The van der Waals surface area contributed by atoms with Gasteiger partial charge in [-0.1, -0.05) is 0 Å². The Morgan fingerprint density at radius 2 is 1.64 bits per heavy atom. The Morgan fingerprint density at radius 1 is 0.970 bits per heavy atom. The topological polar surface area (TPSA) is 51.0 Å². The van der Waals surface area contributed by atoms with Gasteiger partial charge in [0.2, 0.25) is 5.91 Å². The molecule has 0 unspecified atom stereocenters. The van der Waals surface area contributed by atoms with Gasteiger partial charge in [0.25, 0.3) is 0 Å². The van der Waals surface area contributed by atoms with Gasteiger partial charge in [0.15, 0.2) is 0 Å². The monoisotopic (exact) mass is 464 g/mol. The summed E-state index contributed by atoms with van der Waals surface area (Å²) < 4.78 is 28.7. The van der Waals surface area contributed by atoms with Crippen LogP contribution < -0.4 is 0 Å². The molecule has 0 saturated heterocycles. The molecule has 0 radical (unpaired) electrons. The minimum atomic E-state index is -0.337. The lowest BCUT2D eigenvalue weighted by atomic mass is 10.2. The molecule has 0 atom stereocenters. The number of thiazole rings is 1. The van der Waals surface area contributed by atoms with Gasteiger partial charge in [0.1, 0.15) is 17.5 Å². The number of benzene rings is 2. The van der Waals surface area contributed by atoms with Crippen molar-refractivity contribution in [1.29, 1.82) is 0 Å². The van der Waals surface area contributed by atoms with E-state index in [0.717, 1.165) is 29.1 Å². The summed E-state index contributed by atoms with van der Waals surface area (Å²) in [6.45, 7) is 3.28. The van der Waals surface area contributed by atoms with Crippen LogP contribution in [-0.4, -0.2) is 38.4 Å². The summed E-state index contributed by atoms with van der Waals surface area (Å²) in [6.07, 6.45) is 3.47. The first-order valence-corrected chi connectivity index (χ1v) is 11.6. The highest BCUT2D eigenvalue weighted by Crippen LogP contribution is 2.25. The first kappa shape index (κ1) is 21.5. The van der Waals surface area contributed by atoms with Crippen molar-refractivity contribution in [3.8, 4) is 16.9 Å². The van der Waals surface area contributed by atoms with E-state index < -0.39 is 0 Å². The lowest BCUT2D eigenvalue weighted by Crippen LogP contribution is -2.35. The minimum Gasteiger partial charge on any atom is -0.342 e. The summed E-state index contributed by atoms with van der Waals surface area (Å²) in [6, 6.07) is 12.1. The highest BCUT2D eigenvalue weighted by atomic mass is 32.1. The lowest BCUT2D eigenvalue weighted by molar-refractivity contribution is -0.130. The average Bonchev–Trinajstić information content (AvgIpc) is 3.32. The summed E-state index contributed by atoms with van der Waals surface area (Å²) in [4.78, 5) is 25.7. The van der Waals surface area contributed by atoms with Crippen molar-refractivity contribution in [1.82, 2.24) is 19.4 Å². The second-order valence-corrected chi connectivity index (χ2v) is 9.34. The average molecular weight is 465 g/mol. The Kier molecular flexibility index (Phi) is 5.76. The van der Waals surface area contributed by atoms with E-state index in [1.54, 1.807) is 46.4 Å². The zero-order valence-electron chi connectivity index (χ0n) is 18.1. The molecule has 0 fully saturated rings. The quantitative estimate of drug-likeness (QED) is 0.438. The van der Waals surface area contributed by atoms with E-state index >= 15 is 0 Å². The molecule has 33 heavy (non-hydrogen) atoms. The molecule has 1 amide bonds. The van der Waals surface area contributed by atoms with Gasteiger partial charge in [-0.2, -0.15) is 0 Å². The summed E-state index contributed by atoms with van der Waals surface area (Å²) in [5.41, 5.74) is 3.17. The Bertz CT molecular complexity index is 1270. The highest BCUT2D eigenvalue weighted by Gasteiger charge is 2.23. The number of fused-ring (bicyclic) bond motifs is 1. The SMILES string of the molecule is Cc1nc2c(s1)CCN(C(=O)Cc1nc(-c3ccc(F)cc3)cn1-c1ccc(F)cc1)CC2. The molecule has 8 heteroatoms. The summed E-state index contributed by atoms with van der Waals surface area (Å²) in [5, 5.41) is 1.06. The van der Waals surface area contributed by atoms with Crippen molar-refractivity contribution in [2.75, 3.05) is 13.1 Å². The molecule has 2 aromatic heterocycles. The van der Waals surface area contributed by atoms with E-state index in [1.807, 2.05) is 11.8 Å². The maximum Gasteiger partial charge on any atom is 0.230 e. The van der Waals surface area contributed by atoms with Crippen LogP contribution in [0.25, 0.3) is 16.9 Å². The number of imidazole rings is 1. The number of rotatable bonds is 4. The number of nitrogens with zero attached hydrogens (tertiary/aromatic N) is 4. The fourth-order valence-corrected chi connectivity index (χ4v) is 5.09. The number of hydrogen-bond donors (Lipinski definition) is 0. The molecule has 4 aromatic rings. The molecule has 0 spiro atoms. The highest BCUT2D eigenvalue weighted by molar-refractivity contribution is 7.11. The molecule has 0 aliphatic carbocycles. The molecule has 1 aliphatic rings. The number of carbonyl (C=O) groups is 1. The van der Waals surface area contributed by atoms with Gasteiger partial charge in [-0.15, -0.1) is 11.3 Å². The summed E-state index contributed by atoms with van der Waals surface area (Å²) in [5.74, 6) is -0.122. The van der Waals surface area contributed by atoms with Crippen LogP contribution in [0.15, 0.2) is 54.7 Å². The number of halogens is 2. The molecule has 1 aliphatic heterocycles. The Hall–Kier alpha value is -3.39. The van der Waals surface area contributed by atoms with Crippen LogP contribution >= 0.6 is 11.3 Å². The molecule has 0 N–H and O–H groups in total. The predicted molar refractivity (Wildman–Crippen MR) is 123 cm³/mol. The zero-order valence-corrected chi connectivity index (χ0v) is 18.9. The van der Waals surface area contributed by atoms with Crippen LogP contribution in [0.2, 0.25) is 0 Å². The van der Waals surface area contributed by atoms with Crippen molar-refractivity contribution in [2.24, 2.45) is 0 Å². The van der Waals surface area contributed by atoms with Gasteiger partial charge >= 0.3 is 0 Å². The Morgan fingerprint density at radius 3 is 2.36 bits per heavy atom. The van der Waals surface area contributed by atoms with Crippen LogP contribution in [0.1, 0.15) is 21.4 Å². The number of aromatic nitrogens is 3. The van der Waals surface area contributed by atoms with Gasteiger partial charge in [0, 0.05) is 48.3 Å². The molecule has 0 saturated carbocycles. The van der Waals surface area contributed by atoms with Crippen molar-refractivity contribution < 1.29 is 13.6 Å². The fourth-order valence-electron chi connectivity index (χ4n) is 4.12. The zero-order chi connectivity index (χ0) is 22.9. The van der Waals surface area contributed by atoms with Gasteiger partial charge in [-0.3, -0.25) is 4.79 Å². The van der Waals surface area contributed by atoms with Gasteiger partial charge in [0.05, 0.1) is 22.8 Å². The third-order valence-corrected chi connectivity index (χ3v) is 6.87. The van der Waals surface area contributed by atoms with Crippen LogP contribution in [0.4, 0.5) is 8.78 Å². The second kappa shape index (κ2) is 8.86. The molecule has 3 heterocycles. The molecular formula is C25H22F2N4OS. The van der Waals surface area contributed by atoms with Gasteiger partial charge < -0.3 is 9.47 Å². The fraction of sp³-hybridized carbons (Fsp3) is 0.240. The third-order valence-electron chi connectivity index (χ3n) is 5.80. The molecule has 0 bridgehead atoms. The number of hydrogen-bond acceptors (Lipinski definition) is 4. The van der Waals surface area contributed by atoms with Crippen LogP contribution in [0.3, 0.4) is 0 Å². The van der Waals surface area contributed by atoms with E-state index in [1.165, 1.54) is 29.1 Å². The maximum absolute atomic E-state index is 13.5. The van der Waals surface area contributed by atoms with Crippen LogP contribution in [0, 0.1) is 18.6 Å². The smallest absolute Gasteiger partial charge is 0.230 e. The standard InChI is InChI=1S/C25H22F2N4OS/c1-16-28-21-10-12-30(13-11-23(21)33-16)25(32)14-24-29-22(17-2-4-18(26)5-3-17)15-31(24)20-8-6-19(27)7-9-20/h2-9,15H,10-14H2,1H3. The molecular weight excluding hydrogens is 442 g/mol. The maximum atomic E-state index is 13.5. The summed E-state index contributed by atoms with van der Waals surface area (Å²) in [7, 11) is 0. The Labute approximate surface area is 194 Å². The van der Waals surface area contributed by atoms with Crippen molar-refractivity contribution in [3.63, 3.8) is 0 Å². The summed E-state index contributed by atoms with van der Waals surface area (Å²) >= 11 is 1.70. The molecule has 2 aromatic carbocycles. The van der Waals surface area contributed by atoms with Crippen LogP contribution in [0.5, 0.6) is 0 Å². The number of amides is 1. The predicted octanol–water partition coefficient (Wildman–Crippen LogP) is 4.75. The normalized spacial score (nSPS) is 13.6. The molecule has 5 nitrogen and oxygen atoms in total.